The summed E-state index contributed by atoms with van der Waals surface area (Å²) in [6, 6.07) is 5.01. The van der Waals surface area contributed by atoms with Gasteiger partial charge in [0.05, 0.1) is 16.3 Å². The minimum atomic E-state index is -3.29. The number of nitrogen functional groups attached to an aromatic ring is 1. The Hall–Kier alpha value is -0.880. The van der Waals surface area contributed by atoms with Gasteiger partial charge < -0.3 is 11.1 Å². The quantitative estimate of drug-likeness (QED) is 0.813. The minimum absolute atomic E-state index is 0.0630. The van der Waals surface area contributed by atoms with E-state index in [4.69, 9.17) is 5.73 Å². The third kappa shape index (κ3) is 3.81. The predicted octanol–water partition coefficient (Wildman–Crippen LogP) is 2.23. The van der Waals surface area contributed by atoms with Crippen molar-refractivity contribution in [3.05, 3.63) is 18.2 Å². The van der Waals surface area contributed by atoms with Crippen LogP contribution in [0, 0.1) is 0 Å². The monoisotopic (exact) mass is 288 g/mol. The Morgan fingerprint density at radius 1 is 1.39 bits per heavy atom. The van der Waals surface area contributed by atoms with E-state index >= 15 is 0 Å². The fourth-order valence-corrected chi connectivity index (χ4v) is 2.45. The van der Waals surface area contributed by atoms with Crippen LogP contribution in [0.2, 0.25) is 0 Å². The summed E-state index contributed by atoms with van der Waals surface area (Å²) in [4.78, 5) is 0.175. The van der Waals surface area contributed by atoms with Gasteiger partial charge in [-0.3, -0.25) is 0 Å². The zero-order valence-corrected chi connectivity index (χ0v) is 12.8. The molecule has 102 valence electrons. The predicted molar refractivity (Wildman–Crippen MR) is 80.0 cm³/mol. The zero-order chi connectivity index (χ0) is 14.0. The molecule has 0 aliphatic rings. The molecule has 0 radical (unpaired) electrons. The van der Waals surface area contributed by atoms with Crippen LogP contribution in [0.1, 0.15) is 13.8 Å². The summed E-state index contributed by atoms with van der Waals surface area (Å²) in [5, 5.41) is 3.21. The van der Waals surface area contributed by atoms with Crippen molar-refractivity contribution in [2.24, 2.45) is 0 Å². The van der Waals surface area contributed by atoms with Crippen molar-refractivity contribution in [3.8, 4) is 0 Å². The van der Waals surface area contributed by atoms with Crippen molar-refractivity contribution < 1.29 is 8.42 Å². The number of hydrogen-bond donors (Lipinski definition) is 2. The van der Waals surface area contributed by atoms with Gasteiger partial charge in [0.15, 0.2) is 9.84 Å². The molecular formula is C12H20N2O2S2. The summed E-state index contributed by atoms with van der Waals surface area (Å²) in [5.74, 6) is 0. The summed E-state index contributed by atoms with van der Waals surface area (Å²) >= 11 is 1.74. The number of anilines is 2. The number of benzene rings is 1. The third-order valence-electron chi connectivity index (χ3n) is 2.72. The molecule has 0 aliphatic carbocycles. The first-order chi connectivity index (χ1) is 8.17. The first-order valence-electron chi connectivity index (χ1n) is 5.55. The second kappa shape index (κ2) is 5.40. The first-order valence-corrected chi connectivity index (χ1v) is 8.66. The SMILES string of the molecule is CSC(C)(C)CNc1cccc(S(C)(=O)=O)c1N. The van der Waals surface area contributed by atoms with E-state index in [1.54, 1.807) is 23.9 Å². The molecule has 6 heteroatoms. The molecule has 4 nitrogen and oxygen atoms in total. The zero-order valence-electron chi connectivity index (χ0n) is 11.1. The minimum Gasteiger partial charge on any atom is -0.396 e. The lowest BCUT2D eigenvalue weighted by atomic mass is 10.2. The molecule has 1 rings (SSSR count). The van der Waals surface area contributed by atoms with Crippen LogP contribution in [0.5, 0.6) is 0 Å². The second-order valence-electron chi connectivity index (χ2n) is 4.81. The van der Waals surface area contributed by atoms with Gasteiger partial charge in [-0.15, -0.1) is 0 Å². The molecule has 3 N–H and O–H groups in total. The number of sulfone groups is 1. The average Bonchev–Trinajstić information content (AvgIpc) is 2.26. The Bertz CT molecular complexity index is 525. The van der Waals surface area contributed by atoms with E-state index in [0.29, 0.717) is 12.2 Å². The van der Waals surface area contributed by atoms with Crippen molar-refractivity contribution in [1.29, 1.82) is 0 Å². The molecule has 0 aliphatic heterocycles. The van der Waals surface area contributed by atoms with Gasteiger partial charge in [0.25, 0.3) is 0 Å². The number of nitrogens with two attached hydrogens (primary N) is 1. The fourth-order valence-electron chi connectivity index (χ4n) is 1.40. The van der Waals surface area contributed by atoms with Crippen molar-refractivity contribution in [2.45, 2.75) is 23.5 Å². The molecule has 0 amide bonds. The summed E-state index contributed by atoms with van der Waals surface area (Å²) in [5.41, 5.74) is 6.85. The van der Waals surface area contributed by atoms with Crippen molar-refractivity contribution >= 4 is 33.0 Å². The standard InChI is InChI=1S/C12H20N2O2S2/c1-12(2,17-3)8-14-9-6-5-7-10(11(9)13)18(4,15)16/h5-7,14H,8,13H2,1-4H3. The summed E-state index contributed by atoms with van der Waals surface area (Å²) < 4.78 is 23.2. The fraction of sp³-hybridized carbons (Fsp3) is 0.500. The topological polar surface area (TPSA) is 72.2 Å². The van der Waals surface area contributed by atoms with Gasteiger partial charge in [-0.05, 0) is 32.2 Å². The van der Waals surface area contributed by atoms with Crippen LogP contribution in [0.4, 0.5) is 11.4 Å². The molecule has 0 aromatic heterocycles. The van der Waals surface area contributed by atoms with Crippen molar-refractivity contribution in [3.63, 3.8) is 0 Å². The highest BCUT2D eigenvalue weighted by atomic mass is 32.2. The van der Waals surface area contributed by atoms with Crippen LogP contribution in [0.15, 0.2) is 23.1 Å². The van der Waals surface area contributed by atoms with Gasteiger partial charge in [-0.25, -0.2) is 8.42 Å². The largest absolute Gasteiger partial charge is 0.396 e. The number of rotatable bonds is 5. The number of hydrogen-bond acceptors (Lipinski definition) is 5. The molecule has 0 atom stereocenters. The van der Waals surface area contributed by atoms with Gasteiger partial charge in [0.2, 0.25) is 0 Å². The van der Waals surface area contributed by atoms with E-state index in [0.717, 1.165) is 6.26 Å². The molecule has 18 heavy (non-hydrogen) atoms. The van der Waals surface area contributed by atoms with Gasteiger partial charge in [0, 0.05) is 17.5 Å². The maximum atomic E-state index is 11.6. The summed E-state index contributed by atoms with van der Waals surface area (Å²) in [7, 11) is -3.29. The highest BCUT2D eigenvalue weighted by Gasteiger charge is 2.18. The van der Waals surface area contributed by atoms with Crippen molar-refractivity contribution in [2.75, 3.05) is 30.1 Å². The summed E-state index contributed by atoms with van der Waals surface area (Å²) in [6.07, 6.45) is 3.20. The maximum Gasteiger partial charge on any atom is 0.177 e. The van der Waals surface area contributed by atoms with Gasteiger partial charge in [-0.1, -0.05) is 6.07 Å². The highest BCUT2D eigenvalue weighted by molar-refractivity contribution is 7.99. The van der Waals surface area contributed by atoms with Crippen molar-refractivity contribution in [1.82, 2.24) is 0 Å². The van der Waals surface area contributed by atoms with Crippen LogP contribution in [-0.2, 0) is 9.84 Å². The average molecular weight is 288 g/mol. The van der Waals surface area contributed by atoms with Gasteiger partial charge in [0.1, 0.15) is 0 Å². The van der Waals surface area contributed by atoms with Crippen LogP contribution < -0.4 is 11.1 Å². The second-order valence-corrected chi connectivity index (χ2v) is 8.30. The number of nitrogens with one attached hydrogen (secondary N) is 1. The Kier molecular flexibility index (Phi) is 4.55. The molecule has 0 saturated carbocycles. The van der Waals surface area contributed by atoms with E-state index in [9.17, 15) is 8.42 Å². The van der Waals surface area contributed by atoms with Crippen LogP contribution >= 0.6 is 11.8 Å². The Morgan fingerprint density at radius 3 is 2.50 bits per heavy atom. The lowest BCUT2D eigenvalue weighted by Crippen LogP contribution is -2.26. The Morgan fingerprint density at radius 2 is 2.00 bits per heavy atom. The third-order valence-corrected chi connectivity index (χ3v) is 5.13. The molecule has 0 heterocycles. The molecule has 0 spiro atoms. The molecular weight excluding hydrogens is 268 g/mol. The molecule has 0 saturated heterocycles. The first kappa shape index (κ1) is 15.2. The molecule has 0 fully saturated rings. The lowest BCUT2D eigenvalue weighted by molar-refractivity contribution is 0.602. The van der Waals surface area contributed by atoms with Gasteiger partial charge >= 0.3 is 0 Å². The molecule has 1 aromatic carbocycles. The van der Waals surface area contributed by atoms with E-state index in [-0.39, 0.29) is 15.3 Å². The molecule has 0 unspecified atom stereocenters. The molecule has 0 bridgehead atoms. The van der Waals surface area contributed by atoms with E-state index in [2.05, 4.69) is 19.2 Å². The molecule has 1 aromatic rings. The van der Waals surface area contributed by atoms with Crippen LogP contribution in [0.3, 0.4) is 0 Å². The van der Waals surface area contributed by atoms with E-state index in [1.165, 1.54) is 6.07 Å². The van der Waals surface area contributed by atoms with E-state index in [1.807, 2.05) is 6.26 Å². The Labute approximate surface area is 113 Å². The summed E-state index contributed by atoms with van der Waals surface area (Å²) in [6.45, 7) is 4.94. The van der Waals surface area contributed by atoms with Crippen LogP contribution in [0.25, 0.3) is 0 Å². The van der Waals surface area contributed by atoms with Crippen LogP contribution in [-0.4, -0.2) is 32.2 Å². The highest BCUT2D eigenvalue weighted by Crippen LogP contribution is 2.28. The number of thioether (sulfide) groups is 1. The van der Waals surface area contributed by atoms with Gasteiger partial charge in [-0.2, -0.15) is 11.8 Å². The smallest absolute Gasteiger partial charge is 0.177 e. The maximum absolute atomic E-state index is 11.6. The Balaban J connectivity index is 2.99. The lowest BCUT2D eigenvalue weighted by Gasteiger charge is -2.23. The normalized spacial score (nSPS) is 12.4. The number of para-hydroxylation sites is 1. The van der Waals surface area contributed by atoms with E-state index < -0.39 is 9.84 Å².